The number of benzene rings is 1. The molecule has 0 saturated carbocycles. The van der Waals surface area contributed by atoms with Crippen molar-refractivity contribution in [2.45, 2.75) is 18.9 Å². The van der Waals surface area contributed by atoms with Crippen molar-refractivity contribution in [3.05, 3.63) is 48.0 Å². The number of ether oxygens (including phenoxy) is 1. The lowest BCUT2D eigenvalue weighted by Gasteiger charge is -2.09. The maximum absolute atomic E-state index is 13.7. The van der Waals surface area contributed by atoms with Gasteiger partial charge in [-0.3, -0.25) is 0 Å². The van der Waals surface area contributed by atoms with E-state index in [2.05, 4.69) is 21.4 Å². The van der Waals surface area contributed by atoms with Crippen LogP contribution in [0.1, 0.15) is 24.6 Å². The summed E-state index contributed by atoms with van der Waals surface area (Å²) in [6, 6.07) is 8.93. The third-order valence-corrected chi connectivity index (χ3v) is 4.44. The van der Waals surface area contributed by atoms with E-state index in [1.54, 1.807) is 19.4 Å². The Morgan fingerprint density at radius 1 is 1.22 bits per heavy atom. The molecule has 0 unspecified atom stereocenters. The van der Waals surface area contributed by atoms with Gasteiger partial charge in [-0.15, -0.1) is 0 Å². The average Bonchev–Trinajstić information content (AvgIpc) is 3.23. The molecule has 0 aliphatic carbocycles. The van der Waals surface area contributed by atoms with Crippen molar-refractivity contribution in [3.63, 3.8) is 0 Å². The Hall–Kier alpha value is -2.40. The van der Waals surface area contributed by atoms with Crippen molar-refractivity contribution in [2.75, 3.05) is 13.7 Å². The van der Waals surface area contributed by atoms with Crippen molar-refractivity contribution in [1.82, 2.24) is 15.3 Å². The topological polar surface area (TPSA) is 49.9 Å². The normalized spacial score (nSPS) is 17.7. The van der Waals surface area contributed by atoms with Crippen molar-refractivity contribution < 1.29 is 9.13 Å². The Bertz CT molecular complexity index is 853. The van der Waals surface area contributed by atoms with Gasteiger partial charge in [-0.1, -0.05) is 0 Å². The highest BCUT2D eigenvalue weighted by Crippen LogP contribution is 2.36. The molecule has 4 nitrogen and oxygen atoms in total. The number of aromatic amines is 1. The van der Waals surface area contributed by atoms with Crippen LogP contribution in [0.3, 0.4) is 0 Å². The van der Waals surface area contributed by atoms with Gasteiger partial charge in [-0.05, 0) is 55.3 Å². The molecular weight excluding hydrogens is 293 g/mol. The predicted molar refractivity (Wildman–Crippen MR) is 88.0 cm³/mol. The monoisotopic (exact) mass is 311 g/mol. The lowest BCUT2D eigenvalue weighted by Crippen LogP contribution is -2.12. The molecule has 1 aliphatic rings. The van der Waals surface area contributed by atoms with Gasteiger partial charge in [0.15, 0.2) is 0 Å². The van der Waals surface area contributed by atoms with Crippen LogP contribution in [0.25, 0.3) is 22.2 Å². The summed E-state index contributed by atoms with van der Waals surface area (Å²) in [5.41, 5.74) is 3.61. The molecule has 3 heterocycles. The molecule has 5 heteroatoms. The molecule has 0 radical (unpaired) electrons. The molecule has 23 heavy (non-hydrogen) atoms. The highest BCUT2D eigenvalue weighted by atomic mass is 19.1. The van der Waals surface area contributed by atoms with Crippen LogP contribution in [0.15, 0.2) is 36.5 Å². The quantitative estimate of drug-likeness (QED) is 0.773. The van der Waals surface area contributed by atoms with Crippen LogP contribution in [-0.4, -0.2) is 23.6 Å². The number of nitrogens with one attached hydrogen (secondary N) is 2. The molecule has 0 bridgehead atoms. The number of fused-ring (bicyclic) bond motifs is 1. The van der Waals surface area contributed by atoms with E-state index >= 15 is 0 Å². The molecule has 1 aliphatic heterocycles. The molecule has 3 aromatic rings. The number of methoxy groups -OCH3 is 1. The molecular formula is C18H18FN3O. The van der Waals surface area contributed by atoms with Crippen LogP contribution in [0.4, 0.5) is 4.39 Å². The highest BCUT2D eigenvalue weighted by molar-refractivity contribution is 5.95. The molecule has 4 rings (SSSR count). The number of aromatic nitrogens is 2. The van der Waals surface area contributed by atoms with E-state index in [9.17, 15) is 4.39 Å². The average molecular weight is 311 g/mol. The Morgan fingerprint density at radius 2 is 2.13 bits per heavy atom. The van der Waals surface area contributed by atoms with E-state index < -0.39 is 0 Å². The third-order valence-electron chi connectivity index (χ3n) is 4.44. The van der Waals surface area contributed by atoms with E-state index in [4.69, 9.17) is 4.74 Å². The van der Waals surface area contributed by atoms with E-state index in [-0.39, 0.29) is 5.82 Å². The van der Waals surface area contributed by atoms with Crippen LogP contribution in [0.5, 0.6) is 5.75 Å². The minimum absolute atomic E-state index is 0.279. The van der Waals surface area contributed by atoms with Crippen LogP contribution < -0.4 is 10.1 Å². The molecule has 0 spiro atoms. The number of nitrogens with zero attached hydrogens (tertiary/aromatic N) is 1. The van der Waals surface area contributed by atoms with Crippen molar-refractivity contribution in [1.29, 1.82) is 0 Å². The number of H-pyrrole nitrogens is 1. The predicted octanol–water partition coefficient (Wildman–Crippen LogP) is 3.80. The largest absolute Gasteiger partial charge is 0.496 e. The summed E-state index contributed by atoms with van der Waals surface area (Å²) < 4.78 is 19.1. The van der Waals surface area contributed by atoms with E-state index in [0.29, 0.717) is 11.8 Å². The Kier molecular flexibility index (Phi) is 3.50. The number of hydrogen-bond acceptors (Lipinski definition) is 3. The maximum Gasteiger partial charge on any atom is 0.138 e. The second-order valence-electron chi connectivity index (χ2n) is 5.84. The molecule has 0 amide bonds. The van der Waals surface area contributed by atoms with Gasteiger partial charge >= 0.3 is 0 Å². The lowest BCUT2D eigenvalue weighted by molar-refractivity contribution is 0.415. The van der Waals surface area contributed by atoms with Gasteiger partial charge in [0.1, 0.15) is 17.2 Å². The summed E-state index contributed by atoms with van der Waals surface area (Å²) in [7, 11) is 1.60. The summed E-state index contributed by atoms with van der Waals surface area (Å²) in [5.74, 6) is 0.375. The summed E-state index contributed by atoms with van der Waals surface area (Å²) in [6.07, 6.45) is 4.04. The fourth-order valence-corrected chi connectivity index (χ4v) is 3.31. The van der Waals surface area contributed by atoms with Gasteiger partial charge in [0.25, 0.3) is 0 Å². The van der Waals surface area contributed by atoms with Gasteiger partial charge in [-0.2, -0.15) is 0 Å². The zero-order valence-electron chi connectivity index (χ0n) is 12.9. The van der Waals surface area contributed by atoms with E-state index in [1.165, 1.54) is 18.6 Å². The third kappa shape index (κ3) is 2.47. The summed E-state index contributed by atoms with van der Waals surface area (Å²) >= 11 is 0. The smallest absolute Gasteiger partial charge is 0.138 e. The van der Waals surface area contributed by atoms with Crippen LogP contribution in [0, 0.1) is 5.82 Å². The van der Waals surface area contributed by atoms with Gasteiger partial charge in [0.05, 0.1) is 7.11 Å². The lowest BCUT2D eigenvalue weighted by atomic mass is 10.0. The molecule has 1 aromatic carbocycles. The van der Waals surface area contributed by atoms with Crippen molar-refractivity contribution in [3.8, 4) is 16.9 Å². The number of rotatable bonds is 3. The summed E-state index contributed by atoms with van der Waals surface area (Å²) in [4.78, 5) is 7.81. The second kappa shape index (κ2) is 5.66. The zero-order valence-corrected chi connectivity index (χ0v) is 12.9. The van der Waals surface area contributed by atoms with Gasteiger partial charge < -0.3 is 15.0 Å². The maximum atomic E-state index is 13.7. The molecule has 1 atom stereocenters. The first kappa shape index (κ1) is 14.2. The zero-order chi connectivity index (χ0) is 15.8. The van der Waals surface area contributed by atoms with Crippen LogP contribution in [-0.2, 0) is 0 Å². The van der Waals surface area contributed by atoms with Gasteiger partial charge in [-0.25, -0.2) is 9.37 Å². The first-order chi connectivity index (χ1) is 11.3. The number of hydrogen-bond donors (Lipinski definition) is 2. The van der Waals surface area contributed by atoms with Crippen LogP contribution >= 0.6 is 0 Å². The first-order valence-corrected chi connectivity index (χ1v) is 7.81. The highest BCUT2D eigenvalue weighted by Gasteiger charge is 2.20. The standard InChI is InChI=1S/C18H18FN3O/c1-23-17-5-4-11(19)9-13(17)12-6-8-21-18-14(12)10-16(22-18)15-3-2-7-20-15/h4-6,8-10,15,20H,2-3,7H2,1H3,(H,21,22)/t15-/m1/s1. The Labute approximate surface area is 133 Å². The molecule has 2 N–H and O–H groups in total. The minimum Gasteiger partial charge on any atom is -0.496 e. The van der Waals surface area contributed by atoms with E-state index in [0.717, 1.165) is 40.8 Å². The molecule has 2 aromatic heterocycles. The molecule has 1 fully saturated rings. The SMILES string of the molecule is COc1ccc(F)cc1-c1ccnc2[nH]c([C@H]3CCCN3)cc12. The van der Waals surface area contributed by atoms with Gasteiger partial charge in [0, 0.05) is 28.9 Å². The summed E-state index contributed by atoms with van der Waals surface area (Å²) in [6.45, 7) is 1.04. The minimum atomic E-state index is -0.279. The molecule has 118 valence electrons. The van der Waals surface area contributed by atoms with E-state index in [1.807, 2.05) is 6.07 Å². The summed E-state index contributed by atoms with van der Waals surface area (Å²) in [5, 5.41) is 4.47. The Morgan fingerprint density at radius 3 is 2.91 bits per heavy atom. The fourth-order valence-electron chi connectivity index (χ4n) is 3.31. The molecule has 1 saturated heterocycles. The Balaban J connectivity index is 1.88. The number of pyridine rings is 1. The fraction of sp³-hybridized carbons (Fsp3) is 0.278. The first-order valence-electron chi connectivity index (χ1n) is 7.81. The van der Waals surface area contributed by atoms with Crippen LogP contribution in [0.2, 0.25) is 0 Å². The van der Waals surface area contributed by atoms with Crippen molar-refractivity contribution >= 4 is 11.0 Å². The second-order valence-corrected chi connectivity index (χ2v) is 5.84. The number of halogens is 1. The van der Waals surface area contributed by atoms with Crippen molar-refractivity contribution in [2.24, 2.45) is 0 Å². The van der Waals surface area contributed by atoms with Gasteiger partial charge in [0.2, 0.25) is 0 Å².